The number of rotatable bonds is 5. The van der Waals surface area contributed by atoms with Gasteiger partial charge in [0.25, 0.3) is 0 Å². The molecule has 1 atom stereocenters. The third kappa shape index (κ3) is 4.33. The first-order valence-corrected chi connectivity index (χ1v) is 6.95. The summed E-state index contributed by atoms with van der Waals surface area (Å²) in [5.41, 5.74) is -0.112. The molecule has 2 heteroatoms. The molecule has 0 aromatic carbocycles. The van der Waals surface area contributed by atoms with Crippen LogP contribution in [0.15, 0.2) is 0 Å². The van der Waals surface area contributed by atoms with Gasteiger partial charge in [0, 0.05) is 12.0 Å². The zero-order chi connectivity index (χ0) is 12.7. The number of unbranched alkanes of at least 4 members (excludes halogenated alkanes) is 1. The van der Waals surface area contributed by atoms with Gasteiger partial charge in [0.1, 0.15) is 0 Å². The first-order chi connectivity index (χ1) is 8.09. The van der Waals surface area contributed by atoms with E-state index in [4.69, 9.17) is 6.42 Å². The lowest BCUT2D eigenvalue weighted by Gasteiger charge is -2.41. The Hall–Kier alpha value is -0.520. The van der Waals surface area contributed by atoms with Gasteiger partial charge in [-0.25, -0.2) is 0 Å². The van der Waals surface area contributed by atoms with E-state index in [9.17, 15) is 5.11 Å². The Morgan fingerprint density at radius 3 is 2.35 bits per heavy atom. The van der Waals surface area contributed by atoms with E-state index in [-0.39, 0.29) is 11.6 Å². The minimum absolute atomic E-state index is 0.112. The second-order valence-electron chi connectivity index (χ2n) is 5.67. The van der Waals surface area contributed by atoms with Crippen molar-refractivity contribution >= 4 is 0 Å². The van der Waals surface area contributed by atoms with Gasteiger partial charge in [-0.2, -0.15) is 0 Å². The Morgan fingerprint density at radius 2 is 1.82 bits per heavy atom. The standard InChI is InChI=1S/C15H27NO/c1-4-5-8-11-14(17)15(2,3)16-12-9-6-7-10-13-16/h1,14,17H,5-13H2,2-3H3. The van der Waals surface area contributed by atoms with Crippen LogP contribution in [-0.2, 0) is 0 Å². The normalized spacial score (nSPS) is 20.6. The molecule has 0 spiro atoms. The summed E-state index contributed by atoms with van der Waals surface area (Å²) >= 11 is 0. The number of terminal acetylenes is 1. The minimum atomic E-state index is -0.269. The molecule has 0 aliphatic carbocycles. The highest BCUT2D eigenvalue weighted by atomic mass is 16.3. The van der Waals surface area contributed by atoms with Crippen molar-refractivity contribution in [3.05, 3.63) is 0 Å². The van der Waals surface area contributed by atoms with Crippen LogP contribution < -0.4 is 0 Å². The Morgan fingerprint density at radius 1 is 1.24 bits per heavy atom. The van der Waals surface area contributed by atoms with Gasteiger partial charge in [-0.05, 0) is 52.6 Å². The molecule has 2 nitrogen and oxygen atoms in total. The monoisotopic (exact) mass is 237 g/mol. The van der Waals surface area contributed by atoms with Crippen LogP contribution in [0.2, 0.25) is 0 Å². The first-order valence-electron chi connectivity index (χ1n) is 6.95. The van der Waals surface area contributed by atoms with Gasteiger partial charge in [-0.15, -0.1) is 12.3 Å². The molecule has 1 aliphatic heterocycles. The molecule has 0 bridgehead atoms. The zero-order valence-electron chi connectivity index (χ0n) is 11.4. The van der Waals surface area contributed by atoms with Gasteiger partial charge in [0.05, 0.1) is 6.10 Å². The summed E-state index contributed by atoms with van der Waals surface area (Å²) in [6.45, 7) is 6.58. The highest BCUT2D eigenvalue weighted by Crippen LogP contribution is 2.25. The van der Waals surface area contributed by atoms with Crippen molar-refractivity contribution in [2.45, 2.75) is 70.4 Å². The lowest BCUT2D eigenvalue weighted by atomic mass is 9.90. The largest absolute Gasteiger partial charge is 0.391 e. The predicted molar refractivity (Wildman–Crippen MR) is 72.8 cm³/mol. The van der Waals surface area contributed by atoms with Gasteiger partial charge in [-0.1, -0.05) is 12.8 Å². The topological polar surface area (TPSA) is 23.5 Å². The molecule has 1 unspecified atom stereocenters. The highest BCUT2D eigenvalue weighted by molar-refractivity contribution is 4.91. The van der Waals surface area contributed by atoms with Crippen molar-refractivity contribution in [1.82, 2.24) is 4.90 Å². The number of hydrogen-bond acceptors (Lipinski definition) is 2. The summed E-state index contributed by atoms with van der Waals surface area (Å²) in [5.74, 6) is 2.64. The Labute approximate surface area is 106 Å². The summed E-state index contributed by atoms with van der Waals surface area (Å²) in [6, 6.07) is 0. The van der Waals surface area contributed by atoms with Crippen LogP contribution in [0.5, 0.6) is 0 Å². The van der Waals surface area contributed by atoms with Crippen LogP contribution in [0.1, 0.15) is 58.8 Å². The highest BCUT2D eigenvalue weighted by Gasteiger charge is 2.33. The fourth-order valence-corrected chi connectivity index (χ4v) is 2.61. The SMILES string of the molecule is C#CCCCC(O)C(C)(C)N1CCCCCC1. The fourth-order valence-electron chi connectivity index (χ4n) is 2.61. The molecule has 98 valence electrons. The maximum Gasteiger partial charge on any atom is 0.0718 e. The summed E-state index contributed by atoms with van der Waals surface area (Å²) in [4.78, 5) is 2.46. The van der Waals surface area contributed by atoms with Gasteiger partial charge >= 0.3 is 0 Å². The molecule has 0 saturated carbocycles. The van der Waals surface area contributed by atoms with E-state index in [1.54, 1.807) is 0 Å². The van der Waals surface area contributed by atoms with Crippen LogP contribution in [-0.4, -0.2) is 34.7 Å². The van der Waals surface area contributed by atoms with E-state index in [0.29, 0.717) is 0 Å². The van der Waals surface area contributed by atoms with Crippen molar-refractivity contribution < 1.29 is 5.11 Å². The van der Waals surface area contributed by atoms with Crippen molar-refractivity contribution in [2.24, 2.45) is 0 Å². The number of aliphatic hydroxyl groups excluding tert-OH is 1. The third-order valence-electron chi connectivity index (χ3n) is 4.04. The van der Waals surface area contributed by atoms with Crippen LogP contribution in [0.3, 0.4) is 0 Å². The average Bonchev–Trinajstić information content (AvgIpc) is 2.58. The van der Waals surface area contributed by atoms with Crippen LogP contribution in [0, 0.1) is 12.3 Å². The first kappa shape index (κ1) is 14.5. The predicted octanol–water partition coefficient (Wildman–Crippen LogP) is 2.81. The number of nitrogens with zero attached hydrogens (tertiary/aromatic N) is 1. The molecule has 0 radical (unpaired) electrons. The Bertz CT molecular complexity index is 246. The van der Waals surface area contributed by atoms with E-state index >= 15 is 0 Å². The number of hydrogen-bond donors (Lipinski definition) is 1. The third-order valence-corrected chi connectivity index (χ3v) is 4.04. The second kappa shape index (κ2) is 7.03. The van der Waals surface area contributed by atoms with Crippen molar-refractivity contribution in [1.29, 1.82) is 0 Å². The molecule has 1 rings (SSSR count). The molecule has 0 aromatic rings. The molecule has 1 heterocycles. The molecule has 17 heavy (non-hydrogen) atoms. The zero-order valence-corrected chi connectivity index (χ0v) is 11.4. The van der Waals surface area contributed by atoms with Gasteiger partial charge in [0.2, 0.25) is 0 Å². The van der Waals surface area contributed by atoms with Crippen molar-refractivity contribution in [3.63, 3.8) is 0 Å². The summed E-state index contributed by atoms with van der Waals surface area (Å²) < 4.78 is 0. The minimum Gasteiger partial charge on any atom is -0.391 e. The molecule has 1 saturated heterocycles. The van der Waals surface area contributed by atoms with E-state index < -0.39 is 0 Å². The van der Waals surface area contributed by atoms with Gasteiger partial charge < -0.3 is 5.11 Å². The van der Waals surface area contributed by atoms with E-state index in [2.05, 4.69) is 24.7 Å². The molecular weight excluding hydrogens is 210 g/mol. The smallest absolute Gasteiger partial charge is 0.0718 e. The molecular formula is C15H27NO. The summed E-state index contributed by atoms with van der Waals surface area (Å²) in [6.07, 6.45) is 12.7. The van der Waals surface area contributed by atoms with Crippen LogP contribution in [0.25, 0.3) is 0 Å². The fraction of sp³-hybridized carbons (Fsp3) is 0.867. The van der Waals surface area contributed by atoms with Gasteiger partial charge in [-0.3, -0.25) is 4.90 Å². The molecule has 0 amide bonds. The maximum absolute atomic E-state index is 10.3. The average molecular weight is 237 g/mol. The van der Waals surface area contributed by atoms with Gasteiger partial charge in [0.15, 0.2) is 0 Å². The molecule has 0 aromatic heterocycles. The number of likely N-dealkylation sites (tertiary alicyclic amines) is 1. The second-order valence-corrected chi connectivity index (χ2v) is 5.67. The van der Waals surface area contributed by atoms with E-state index in [1.807, 2.05) is 0 Å². The number of aliphatic hydroxyl groups is 1. The van der Waals surface area contributed by atoms with Crippen LogP contribution in [0.4, 0.5) is 0 Å². The lowest BCUT2D eigenvalue weighted by Crippen LogP contribution is -2.52. The Balaban J connectivity index is 2.48. The summed E-state index contributed by atoms with van der Waals surface area (Å²) in [5, 5.41) is 10.3. The van der Waals surface area contributed by atoms with Crippen molar-refractivity contribution in [2.75, 3.05) is 13.1 Å². The maximum atomic E-state index is 10.3. The molecule has 1 aliphatic rings. The Kier molecular flexibility index (Phi) is 6.02. The van der Waals surface area contributed by atoms with E-state index in [0.717, 1.165) is 32.4 Å². The molecule has 1 fully saturated rings. The van der Waals surface area contributed by atoms with Crippen molar-refractivity contribution in [3.8, 4) is 12.3 Å². The lowest BCUT2D eigenvalue weighted by molar-refractivity contribution is -0.0134. The summed E-state index contributed by atoms with van der Waals surface area (Å²) in [7, 11) is 0. The van der Waals surface area contributed by atoms with E-state index in [1.165, 1.54) is 25.7 Å². The molecule has 1 N–H and O–H groups in total. The quantitative estimate of drug-likeness (QED) is 0.587. The van der Waals surface area contributed by atoms with Crippen LogP contribution >= 0.6 is 0 Å².